The quantitative estimate of drug-likeness (QED) is 0.710. The van der Waals surface area contributed by atoms with E-state index in [0.717, 1.165) is 11.1 Å². The van der Waals surface area contributed by atoms with Gasteiger partial charge in [0.15, 0.2) is 5.82 Å². The zero-order valence-electron chi connectivity index (χ0n) is 15.5. The lowest BCUT2D eigenvalue weighted by molar-refractivity contribution is 0.422. The summed E-state index contributed by atoms with van der Waals surface area (Å²) in [5.74, 6) is 0.730. The predicted molar refractivity (Wildman–Crippen MR) is 99.7 cm³/mol. The number of anilines is 1. The monoisotopic (exact) mass is 374 g/mol. The van der Waals surface area contributed by atoms with Gasteiger partial charge in [-0.1, -0.05) is 29.8 Å². The highest BCUT2D eigenvalue weighted by atomic mass is 32.2. The van der Waals surface area contributed by atoms with Crippen LogP contribution in [0.3, 0.4) is 0 Å². The zero-order chi connectivity index (χ0) is 19.1. The van der Waals surface area contributed by atoms with Crippen LogP contribution in [-0.2, 0) is 16.4 Å². The average molecular weight is 374 g/mol. The highest BCUT2D eigenvalue weighted by Crippen LogP contribution is 2.34. The molecule has 26 heavy (non-hydrogen) atoms. The number of H-pyrrole nitrogens is 1. The van der Waals surface area contributed by atoms with Crippen molar-refractivity contribution in [3.8, 4) is 11.5 Å². The van der Waals surface area contributed by atoms with Gasteiger partial charge in [0.1, 0.15) is 4.90 Å². The number of aromatic nitrogens is 3. The number of rotatable bonds is 5. The van der Waals surface area contributed by atoms with E-state index in [1.165, 1.54) is 0 Å². The minimum Gasteiger partial charge on any atom is -0.361 e. The molecule has 0 radical (unpaired) electrons. The van der Waals surface area contributed by atoms with Crippen LogP contribution in [0.2, 0.25) is 0 Å². The van der Waals surface area contributed by atoms with Crippen LogP contribution in [0.25, 0.3) is 11.5 Å². The van der Waals surface area contributed by atoms with Crippen molar-refractivity contribution in [1.29, 1.82) is 0 Å². The average Bonchev–Trinajstić information content (AvgIpc) is 3.13. The van der Waals surface area contributed by atoms with Gasteiger partial charge in [0.2, 0.25) is 0 Å². The zero-order valence-corrected chi connectivity index (χ0v) is 16.3. The van der Waals surface area contributed by atoms with Gasteiger partial charge < -0.3 is 9.51 Å². The van der Waals surface area contributed by atoms with Crippen LogP contribution in [-0.4, -0.2) is 23.5 Å². The third-order valence-electron chi connectivity index (χ3n) is 4.21. The van der Waals surface area contributed by atoms with Crippen molar-refractivity contribution in [2.24, 2.45) is 0 Å². The van der Waals surface area contributed by atoms with Crippen LogP contribution in [0.4, 0.5) is 5.69 Å². The third-order valence-corrected chi connectivity index (χ3v) is 5.75. The Kier molecular flexibility index (Phi) is 4.62. The first-order valence-corrected chi connectivity index (χ1v) is 9.83. The molecule has 0 unspecified atom stereocenters. The molecule has 0 spiro atoms. The summed E-state index contributed by atoms with van der Waals surface area (Å²) in [4.78, 5) is 7.49. The highest BCUT2D eigenvalue weighted by Gasteiger charge is 2.29. The van der Waals surface area contributed by atoms with E-state index >= 15 is 0 Å². The first kappa shape index (κ1) is 18.2. The topological polar surface area (TPSA) is 101 Å². The number of sulfonamides is 1. The Morgan fingerprint density at radius 3 is 2.50 bits per heavy atom. The maximum Gasteiger partial charge on any atom is 0.264 e. The molecule has 0 aliphatic heterocycles. The summed E-state index contributed by atoms with van der Waals surface area (Å²) in [5, 5.41) is 3.88. The molecule has 2 N–H and O–H groups in total. The second-order valence-corrected chi connectivity index (χ2v) is 7.99. The number of aryl methyl sites for hydroxylation is 5. The SMILES string of the molecule is CCc1noc(-c2c(C)[nH]c(C)c2S(=O)(=O)Nc2ccc(C)cc2C)n1. The third kappa shape index (κ3) is 3.24. The fourth-order valence-electron chi connectivity index (χ4n) is 2.97. The number of nitrogens with one attached hydrogen (secondary N) is 2. The molecule has 1 aromatic carbocycles. The van der Waals surface area contributed by atoms with E-state index in [1.807, 2.05) is 32.9 Å². The highest BCUT2D eigenvalue weighted by molar-refractivity contribution is 7.93. The van der Waals surface area contributed by atoms with Crippen molar-refractivity contribution < 1.29 is 12.9 Å². The summed E-state index contributed by atoms with van der Waals surface area (Å²) in [6.07, 6.45) is 0.606. The minimum atomic E-state index is -3.84. The summed E-state index contributed by atoms with van der Waals surface area (Å²) in [7, 11) is -3.84. The van der Waals surface area contributed by atoms with Crippen LogP contribution in [0.5, 0.6) is 0 Å². The van der Waals surface area contributed by atoms with Crippen molar-refractivity contribution in [3.63, 3.8) is 0 Å². The Morgan fingerprint density at radius 2 is 1.88 bits per heavy atom. The smallest absolute Gasteiger partial charge is 0.264 e. The summed E-state index contributed by atoms with van der Waals surface area (Å²) >= 11 is 0. The molecule has 0 saturated heterocycles. The van der Waals surface area contributed by atoms with Gasteiger partial charge in [0.25, 0.3) is 15.9 Å². The first-order valence-electron chi connectivity index (χ1n) is 8.35. The molecule has 7 nitrogen and oxygen atoms in total. The molecule has 0 aliphatic rings. The van der Waals surface area contributed by atoms with Crippen LogP contribution >= 0.6 is 0 Å². The summed E-state index contributed by atoms with van der Waals surface area (Å²) in [5.41, 5.74) is 4.05. The second-order valence-electron chi connectivity index (χ2n) is 6.37. The Morgan fingerprint density at radius 1 is 1.15 bits per heavy atom. The van der Waals surface area contributed by atoms with Crippen LogP contribution in [0.15, 0.2) is 27.6 Å². The summed E-state index contributed by atoms with van der Waals surface area (Å²) < 4.78 is 34.2. The van der Waals surface area contributed by atoms with Crippen molar-refractivity contribution in [2.45, 2.75) is 45.9 Å². The van der Waals surface area contributed by atoms with Gasteiger partial charge in [0, 0.05) is 17.8 Å². The van der Waals surface area contributed by atoms with Gasteiger partial charge in [-0.05, 0) is 39.3 Å². The predicted octanol–water partition coefficient (Wildman–Crippen LogP) is 3.66. The molecule has 0 bridgehead atoms. The maximum atomic E-state index is 13.1. The molecule has 2 heterocycles. The molecule has 2 aromatic heterocycles. The molecular formula is C18H22N4O3S. The first-order chi connectivity index (χ1) is 12.2. The van der Waals surface area contributed by atoms with Gasteiger partial charge >= 0.3 is 0 Å². The largest absolute Gasteiger partial charge is 0.361 e. The van der Waals surface area contributed by atoms with E-state index in [-0.39, 0.29) is 10.8 Å². The van der Waals surface area contributed by atoms with Crippen molar-refractivity contribution in [3.05, 3.63) is 46.5 Å². The molecule has 138 valence electrons. The van der Waals surface area contributed by atoms with E-state index in [4.69, 9.17) is 4.52 Å². The lowest BCUT2D eigenvalue weighted by Gasteiger charge is -2.12. The number of hydrogen-bond acceptors (Lipinski definition) is 5. The lowest BCUT2D eigenvalue weighted by Crippen LogP contribution is -2.15. The molecule has 3 aromatic rings. The lowest BCUT2D eigenvalue weighted by atomic mass is 10.1. The van der Waals surface area contributed by atoms with E-state index in [9.17, 15) is 8.42 Å². The maximum absolute atomic E-state index is 13.1. The molecule has 0 fully saturated rings. The minimum absolute atomic E-state index is 0.126. The molecule has 0 amide bonds. The van der Waals surface area contributed by atoms with Crippen LogP contribution in [0, 0.1) is 27.7 Å². The number of nitrogens with zero attached hydrogens (tertiary/aromatic N) is 2. The number of benzene rings is 1. The van der Waals surface area contributed by atoms with E-state index in [2.05, 4.69) is 19.8 Å². The van der Waals surface area contributed by atoms with E-state index in [0.29, 0.717) is 34.9 Å². The second kappa shape index (κ2) is 6.60. The molecule has 0 atom stereocenters. The Hall–Kier alpha value is -2.61. The normalized spacial score (nSPS) is 11.7. The van der Waals surface area contributed by atoms with Gasteiger partial charge in [-0.25, -0.2) is 8.42 Å². The molecular weight excluding hydrogens is 352 g/mol. The Labute approximate surface area is 152 Å². The Bertz CT molecular complexity index is 1060. The fraction of sp³-hybridized carbons (Fsp3) is 0.333. The van der Waals surface area contributed by atoms with Crippen molar-refractivity contribution in [1.82, 2.24) is 15.1 Å². The summed E-state index contributed by atoms with van der Waals surface area (Å²) in [6, 6.07) is 5.56. The van der Waals surface area contributed by atoms with Crippen molar-refractivity contribution in [2.75, 3.05) is 4.72 Å². The van der Waals surface area contributed by atoms with Crippen molar-refractivity contribution >= 4 is 15.7 Å². The molecule has 0 aliphatic carbocycles. The van der Waals surface area contributed by atoms with Crippen LogP contribution < -0.4 is 4.72 Å². The number of aromatic amines is 1. The van der Waals surface area contributed by atoms with Gasteiger partial charge in [0.05, 0.1) is 11.3 Å². The fourth-order valence-corrected chi connectivity index (χ4v) is 4.56. The van der Waals surface area contributed by atoms with Gasteiger partial charge in [-0.2, -0.15) is 4.98 Å². The molecule has 0 saturated carbocycles. The Balaban J connectivity index is 2.10. The number of hydrogen-bond donors (Lipinski definition) is 2. The van der Waals surface area contributed by atoms with Crippen LogP contribution in [0.1, 0.15) is 35.3 Å². The summed E-state index contributed by atoms with van der Waals surface area (Å²) in [6.45, 7) is 9.23. The van der Waals surface area contributed by atoms with Gasteiger partial charge in [-0.15, -0.1) is 0 Å². The standard InChI is InChI=1S/C18H22N4O3S/c1-6-15-20-18(25-21-15)16-12(4)19-13(5)17(16)26(23,24)22-14-8-7-10(2)9-11(14)3/h7-9,19,22H,6H2,1-5H3. The molecule has 8 heteroatoms. The molecule has 3 rings (SSSR count). The van der Waals surface area contributed by atoms with E-state index < -0.39 is 10.0 Å². The van der Waals surface area contributed by atoms with Gasteiger partial charge in [-0.3, -0.25) is 4.72 Å². The van der Waals surface area contributed by atoms with E-state index in [1.54, 1.807) is 19.9 Å².